The van der Waals surface area contributed by atoms with E-state index in [0.29, 0.717) is 49.5 Å². The number of carbonyl (C=O) groups excluding carboxylic acids is 1. The first-order valence-corrected chi connectivity index (χ1v) is 14.0. The molecule has 10 heteroatoms. The van der Waals surface area contributed by atoms with Gasteiger partial charge in [-0.1, -0.05) is 13.0 Å². The van der Waals surface area contributed by atoms with E-state index in [-0.39, 0.29) is 17.6 Å². The van der Waals surface area contributed by atoms with Crippen molar-refractivity contribution in [3.8, 4) is 6.01 Å². The standard InChI is InChI=1S/C30H37FN6O3/c1-3-10-36-11-7-26(8-12-36)40-30-32-9-6-28(35-30)34-27-20-24(5-4-21(27)2)33-29(38)22-17-23(31)19-25(18-22)37-13-15-39-16-14-37/h4-6,9,17-20,26H,3,7-8,10-16H2,1-2H3,(H,33,38)(H,32,34,35). The van der Waals surface area contributed by atoms with E-state index in [1.54, 1.807) is 18.3 Å². The third kappa shape index (κ3) is 7.25. The molecule has 9 nitrogen and oxygen atoms in total. The quantitative estimate of drug-likeness (QED) is 0.386. The van der Waals surface area contributed by atoms with Crippen LogP contribution in [0.2, 0.25) is 0 Å². The summed E-state index contributed by atoms with van der Waals surface area (Å²) in [4.78, 5) is 26.4. The van der Waals surface area contributed by atoms with Crippen molar-refractivity contribution in [3.05, 3.63) is 65.6 Å². The molecular weight excluding hydrogens is 511 g/mol. The number of anilines is 4. The molecule has 0 aliphatic carbocycles. The number of aryl methyl sites for hydroxylation is 1. The number of morpholine rings is 1. The molecule has 3 heterocycles. The van der Waals surface area contributed by atoms with Gasteiger partial charge in [0, 0.05) is 55.0 Å². The summed E-state index contributed by atoms with van der Waals surface area (Å²) in [5.74, 6) is -0.236. The number of nitrogens with zero attached hydrogens (tertiary/aromatic N) is 4. The van der Waals surface area contributed by atoms with E-state index in [0.717, 1.165) is 50.1 Å². The molecular formula is C30H37FN6O3. The number of hydrogen-bond donors (Lipinski definition) is 2. The number of ether oxygens (including phenoxy) is 2. The Kier molecular flexibility index (Phi) is 9.08. The number of likely N-dealkylation sites (tertiary alicyclic amines) is 1. The third-order valence-corrected chi connectivity index (χ3v) is 7.26. The normalized spacial score (nSPS) is 16.5. The van der Waals surface area contributed by atoms with Crippen molar-refractivity contribution in [1.82, 2.24) is 14.9 Å². The Morgan fingerprint density at radius 3 is 2.67 bits per heavy atom. The second-order valence-electron chi connectivity index (χ2n) is 10.3. The minimum Gasteiger partial charge on any atom is -0.460 e. The van der Waals surface area contributed by atoms with Gasteiger partial charge in [0.05, 0.1) is 13.2 Å². The van der Waals surface area contributed by atoms with Crippen molar-refractivity contribution in [1.29, 1.82) is 0 Å². The summed E-state index contributed by atoms with van der Waals surface area (Å²) in [6, 6.07) is 12.1. The second kappa shape index (κ2) is 13.1. The highest BCUT2D eigenvalue weighted by Crippen LogP contribution is 2.26. The molecule has 5 rings (SSSR count). The molecule has 0 saturated carbocycles. The summed E-state index contributed by atoms with van der Waals surface area (Å²) in [5, 5.41) is 6.22. The molecule has 0 unspecified atom stereocenters. The summed E-state index contributed by atoms with van der Waals surface area (Å²) in [7, 11) is 0. The van der Waals surface area contributed by atoms with Gasteiger partial charge in [-0.05, 0) is 74.7 Å². The van der Waals surface area contributed by atoms with Gasteiger partial charge in [0.1, 0.15) is 17.7 Å². The van der Waals surface area contributed by atoms with Gasteiger partial charge in [0.15, 0.2) is 0 Å². The largest absolute Gasteiger partial charge is 0.460 e. The molecule has 2 N–H and O–H groups in total. The van der Waals surface area contributed by atoms with Crippen molar-refractivity contribution in [2.24, 2.45) is 0 Å². The number of carbonyl (C=O) groups is 1. The van der Waals surface area contributed by atoms with Crippen molar-refractivity contribution >= 4 is 28.8 Å². The predicted molar refractivity (Wildman–Crippen MR) is 154 cm³/mol. The predicted octanol–water partition coefficient (Wildman–Crippen LogP) is 5.01. The van der Waals surface area contributed by atoms with Crippen molar-refractivity contribution < 1.29 is 18.7 Å². The number of halogens is 1. The molecule has 0 atom stereocenters. The minimum absolute atomic E-state index is 0.107. The van der Waals surface area contributed by atoms with Crippen LogP contribution >= 0.6 is 0 Å². The zero-order valence-electron chi connectivity index (χ0n) is 23.2. The van der Waals surface area contributed by atoms with Crippen LogP contribution < -0.4 is 20.3 Å². The molecule has 0 radical (unpaired) electrons. The van der Waals surface area contributed by atoms with Crippen LogP contribution in [0.25, 0.3) is 0 Å². The lowest BCUT2D eigenvalue weighted by Crippen LogP contribution is -2.38. The zero-order valence-corrected chi connectivity index (χ0v) is 23.2. The highest BCUT2D eigenvalue weighted by Gasteiger charge is 2.21. The number of hydrogen-bond acceptors (Lipinski definition) is 8. The van der Waals surface area contributed by atoms with Crippen molar-refractivity contribution in [2.45, 2.75) is 39.2 Å². The fraction of sp³-hybridized carbons (Fsp3) is 0.433. The van der Waals surface area contributed by atoms with Gasteiger partial charge in [-0.3, -0.25) is 4.79 Å². The highest BCUT2D eigenvalue weighted by atomic mass is 19.1. The average Bonchev–Trinajstić information content (AvgIpc) is 2.96. The Labute approximate surface area is 234 Å². The van der Waals surface area contributed by atoms with Crippen LogP contribution in [0.3, 0.4) is 0 Å². The van der Waals surface area contributed by atoms with Crippen LogP contribution in [0, 0.1) is 12.7 Å². The second-order valence-corrected chi connectivity index (χ2v) is 10.3. The summed E-state index contributed by atoms with van der Waals surface area (Å²) >= 11 is 0. The lowest BCUT2D eigenvalue weighted by molar-refractivity contribution is 0.0930. The summed E-state index contributed by atoms with van der Waals surface area (Å²) in [6.45, 7) is 9.82. The number of nitrogens with one attached hydrogen (secondary N) is 2. The Morgan fingerprint density at radius 2 is 1.90 bits per heavy atom. The molecule has 1 aromatic heterocycles. The van der Waals surface area contributed by atoms with Crippen LogP contribution in [-0.2, 0) is 4.74 Å². The Hall–Kier alpha value is -3.76. The number of aromatic nitrogens is 2. The van der Waals surface area contributed by atoms with Crippen molar-refractivity contribution in [2.75, 3.05) is 61.5 Å². The lowest BCUT2D eigenvalue weighted by Gasteiger charge is -2.31. The van der Waals surface area contributed by atoms with E-state index in [4.69, 9.17) is 9.47 Å². The minimum atomic E-state index is -0.450. The van der Waals surface area contributed by atoms with Gasteiger partial charge >= 0.3 is 6.01 Å². The van der Waals surface area contributed by atoms with Crippen LogP contribution in [0.15, 0.2) is 48.7 Å². The van der Waals surface area contributed by atoms with Gasteiger partial charge in [-0.15, -0.1) is 0 Å². The Balaban J connectivity index is 1.23. The topological polar surface area (TPSA) is 91.9 Å². The summed E-state index contributed by atoms with van der Waals surface area (Å²) in [6.07, 6.45) is 4.86. The number of benzene rings is 2. The van der Waals surface area contributed by atoms with Gasteiger partial charge < -0.3 is 29.9 Å². The zero-order chi connectivity index (χ0) is 27.9. The number of piperidine rings is 1. The van der Waals surface area contributed by atoms with E-state index < -0.39 is 5.82 Å². The molecule has 0 bridgehead atoms. The van der Waals surface area contributed by atoms with Crippen molar-refractivity contribution in [3.63, 3.8) is 0 Å². The Morgan fingerprint density at radius 1 is 1.10 bits per heavy atom. The molecule has 2 aliphatic rings. The first-order valence-electron chi connectivity index (χ1n) is 14.0. The fourth-order valence-electron chi connectivity index (χ4n) is 5.07. The first kappa shape index (κ1) is 27.8. The monoisotopic (exact) mass is 548 g/mol. The third-order valence-electron chi connectivity index (χ3n) is 7.26. The number of rotatable bonds is 9. The first-order chi connectivity index (χ1) is 19.5. The molecule has 1 amide bonds. The maximum atomic E-state index is 14.4. The van der Waals surface area contributed by atoms with Crippen LogP contribution in [0.1, 0.15) is 42.1 Å². The Bertz CT molecular complexity index is 1310. The van der Waals surface area contributed by atoms with E-state index in [1.165, 1.54) is 12.1 Å². The molecule has 3 aromatic rings. The number of amides is 1. The van der Waals surface area contributed by atoms with E-state index in [2.05, 4.69) is 32.4 Å². The smallest absolute Gasteiger partial charge is 0.318 e. The van der Waals surface area contributed by atoms with Gasteiger partial charge in [-0.2, -0.15) is 4.98 Å². The molecule has 2 aromatic carbocycles. The maximum absolute atomic E-state index is 14.4. The van der Waals surface area contributed by atoms with E-state index >= 15 is 0 Å². The fourth-order valence-corrected chi connectivity index (χ4v) is 5.07. The van der Waals surface area contributed by atoms with E-state index in [1.807, 2.05) is 30.0 Å². The SMILES string of the molecule is CCCN1CCC(Oc2nccc(Nc3cc(NC(=O)c4cc(F)cc(N5CCOCC5)c4)ccc3C)n2)CC1. The molecule has 0 spiro atoms. The summed E-state index contributed by atoms with van der Waals surface area (Å²) < 4.78 is 25.9. The van der Waals surface area contributed by atoms with Crippen LogP contribution in [0.4, 0.5) is 27.3 Å². The molecule has 40 heavy (non-hydrogen) atoms. The van der Waals surface area contributed by atoms with E-state index in [9.17, 15) is 9.18 Å². The average molecular weight is 549 g/mol. The molecule has 212 valence electrons. The summed E-state index contributed by atoms with van der Waals surface area (Å²) in [5.41, 5.74) is 3.27. The maximum Gasteiger partial charge on any atom is 0.318 e. The molecule has 2 fully saturated rings. The van der Waals surface area contributed by atoms with Gasteiger partial charge in [0.25, 0.3) is 5.91 Å². The van der Waals surface area contributed by atoms with Gasteiger partial charge in [-0.25, -0.2) is 9.37 Å². The highest BCUT2D eigenvalue weighted by molar-refractivity contribution is 6.05. The molecule has 2 aliphatic heterocycles. The van der Waals surface area contributed by atoms with Gasteiger partial charge in [0.2, 0.25) is 0 Å². The van der Waals surface area contributed by atoms with Crippen LogP contribution in [-0.4, -0.2) is 72.8 Å². The molecule has 2 saturated heterocycles. The lowest BCUT2D eigenvalue weighted by atomic mass is 10.1. The van der Waals surface area contributed by atoms with Crippen LogP contribution in [0.5, 0.6) is 6.01 Å².